The molecular weight excluding hydrogens is 331 g/mol. The van der Waals surface area contributed by atoms with Gasteiger partial charge in [0.25, 0.3) is 5.91 Å². The van der Waals surface area contributed by atoms with Crippen molar-refractivity contribution in [3.63, 3.8) is 0 Å². The number of aromatic nitrogens is 2. The van der Waals surface area contributed by atoms with E-state index < -0.39 is 11.7 Å². The van der Waals surface area contributed by atoms with E-state index in [1.54, 1.807) is 24.3 Å². The second kappa shape index (κ2) is 6.23. The quantitative estimate of drug-likeness (QED) is 0.738. The fourth-order valence-corrected chi connectivity index (χ4v) is 2.45. The summed E-state index contributed by atoms with van der Waals surface area (Å²) in [5, 5.41) is 2.79. The van der Waals surface area contributed by atoms with Gasteiger partial charge in [-0.05, 0) is 44.2 Å². The smallest absolute Gasteiger partial charge is 0.350 e. The number of aromatic amines is 1. The van der Waals surface area contributed by atoms with Gasteiger partial charge in [0.2, 0.25) is 0 Å². The highest BCUT2D eigenvalue weighted by molar-refractivity contribution is 5.94. The summed E-state index contributed by atoms with van der Waals surface area (Å²) in [6, 6.07) is 10.1. The molecule has 0 fully saturated rings. The number of alkyl halides is 3. The van der Waals surface area contributed by atoms with Gasteiger partial charge in [0.15, 0.2) is 0 Å². The average Bonchev–Trinajstić information content (AvgIpc) is 2.96. The highest BCUT2D eigenvalue weighted by Gasteiger charge is 2.30. The van der Waals surface area contributed by atoms with Crippen LogP contribution in [0.2, 0.25) is 0 Å². The van der Waals surface area contributed by atoms with Crippen LogP contribution in [0.1, 0.15) is 29.8 Å². The van der Waals surface area contributed by atoms with Crippen LogP contribution < -0.4 is 5.32 Å². The van der Waals surface area contributed by atoms with Gasteiger partial charge < -0.3 is 10.3 Å². The van der Waals surface area contributed by atoms with Crippen molar-refractivity contribution in [3.05, 3.63) is 53.6 Å². The molecule has 1 heterocycles. The second-order valence-corrected chi connectivity index (χ2v) is 6.02. The van der Waals surface area contributed by atoms with Crippen molar-refractivity contribution in [1.82, 2.24) is 15.3 Å². The predicted octanol–water partition coefficient (Wildman–Crippen LogP) is 4.39. The number of hydrogen-bond donors (Lipinski definition) is 2. The van der Waals surface area contributed by atoms with Crippen LogP contribution in [-0.4, -0.2) is 21.9 Å². The molecule has 0 bridgehead atoms. The summed E-state index contributed by atoms with van der Waals surface area (Å²) in [4.78, 5) is 19.1. The maximum absolute atomic E-state index is 12.8. The molecule has 3 aromatic rings. The monoisotopic (exact) mass is 347 g/mol. The van der Waals surface area contributed by atoms with Crippen molar-refractivity contribution in [2.24, 2.45) is 0 Å². The fourth-order valence-electron chi connectivity index (χ4n) is 2.45. The molecule has 4 nitrogen and oxygen atoms in total. The molecule has 0 aliphatic carbocycles. The van der Waals surface area contributed by atoms with Gasteiger partial charge in [-0.15, -0.1) is 0 Å². The number of benzene rings is 2. The largest absolute Gasteiger partial charge is 0.416 e. The Balaban J connectivity index is 1.90. The minimum absolute atomic E-state index is 0.0328. The number of carbonyl (C=O) groups is 1. The zero-order valence-corrected chi connectivity index (χ0v) is 13.6. The number of imidazole rings is 1. The van der Waals surface area contributed by atoms with Crippen LogP contribution in [0, 0.1) is 0 Å². The summed E-state index contributed by atoms with van der Waals surface area (Å²) in [6.07, 6.45) is -4.40. The standard InChI is InChI=1S/C18H16F3N3O/c1-10(2)22-17(25)12-5-3-11(4-6-12)16-23-14-8-7-13(18(19,20)21)9-15(14)24-16/h3-10H,1-2H3,(H,22,25)(H,23,24). The van der Waals surface area contributed by atoms with Crippen LogP contribution in [0.5, 0.6) is 0 Å². The number of nitrogens with zero attached hydrogens (tertiary/aromatic N) is 1. The number of carbonyl (C=O) groups excluding carboxylic acids is 1. The SMILES string of the molecule is CC(C)NC(=O)c1ccc(-c2nc3ccc(C(F)(F)F)cc3[nH]2)cc1. The lowest BCUT2D eigenvalue weighted by Crippen LogP contribution is -2.29. The van der Waals surface area contributed by atoms with Gasteiger partial charge in [0.1, 0.15) is 5.82 Å². The third-order valence-electron chi connectivity index (χ3n) is 3.65. The Morgan fingerprint density at radius 2 is 1.80 bits per heavy atom. The number of amides is 1. The molecule has 0 saturated heterocycles. The summed E-state index contributed by atoms with van der Waals surface area (Å²) in [5.41, 5.74) is 1.23. The molecule has 0 spiro atoms. The topological polar surface area (TPSA) is 57.8 Å². The van der Waals surface area contributed by atoms with E-state index in [0.717, 1.165) is 12.1 Å². The molecule has 0 aliphatic rings. The zero-order chi connectivity index (χ0) is 18.2. The van der Waals surface area contributed by atoms with Gasteiger partial charge in [-0.25, -0.2) is 4.98 Å². The molecular formula is C18H16F3N3O. The summed E-state index contributed by atoms with van der Waals surface area (Å²) in [7, 11) is 0. The molecule has 1 amide bonds. The fraction of sp³-hybridized carbons (Fsp3) is 0.222. The van der Waals surface area contributed by atoms with Crippen LogP contribution in [0.25, 0.3) is 22.4 Å². The van der Waals surface area contributed by atoms with Crippen LogP contribution in [0.15, 0.2) is 42.5 Å². The second-order valence-electron chi connectivity index (χ2n) is 6.02. The zero-order valence-electron chi connectivity index (χ0n) is 13.6. The lowest BCUT2D eigenvalue weighted by Gasteiger charge is -2.08. The average molecular weight is 347 g/mol. The summed E-state index contributed by atoms with van der Waals surface area (Å²) in [5.74, 6) is 0.270. The number of halogens is 3. The highest BCUT2D eigenvalue weighted by Crippen LogP contribution is 2.31. The Hall–Kier alpha value is -2.83. The van der Waals surface area contributed by atoms with E-state index >= 15 is 0 Å². The normalized spacial score (nSPS) is 11.9. The van der Waals surface area contributed by atoms with E-state index in [1.807, 2.05) is 13.8 Å². The van der Waals surface area contributed by atoms with Crippen molar-refractivity contribution in [1.29, 1.82) is 0 Å². The van der Waals surface area contributed by atoms with E-state index in [0.29, 0.717) is 28.0 Å². The third-order valence-corrected chi connectivity index (χ3v) is 3.65. The molecule has 0 atom stereocenters. The molecule has 7 heteroatoms. The minimum Gasteiger partial charge on any atom is -0.350 e. The number of fused-ring (bicyclic) bond motifs is 1. The molecule has 0 aliphatic heterocycles. The molecule has 0 saturated carbocycles. The maximum atomic E-state index is 12.8. The summed E-state index contributed by atoms with van der Waals surface area (Å²) >= 11 is 0. The Morgan fingerprint density at radius 1 is 1.12 bits per heavy atom. The number of hydrogen-bond acceptors (Lipinski definition) is 2. The predicted molar refractivity (Wildman–Crippen MR) is 89.1 cm³/mol. The molecule has 3 rings (SSSR count). The molecule has 1 aromatic heterocycles. The first-order valence-corrected chi connectivity index (χ1v) is 7.72. The first-order valence-electron chi connectivity index (χ1n) is 7.72. The van der Waals surface area contributed by atoms with Gasteiger partial charge in [-0.3, -0.25) is 4.79 Å². The molecule has 130 valence electrons. The lowest BCUT2D eigenvalue weighted by molar-refractivity contribution is -0.137. The Labute approximate surface area is 142 Å². The van der Waals surface area contributed by atoms with Crippen LogP contribution >= 0.6 is 0 Å². The number of rotatable bonds is 3. The van der Waals surface area contributed by atoms with Crippen molar-refractivity contribution < 1.29 is 18.0 Å². The van der Waals surface area contributed by atoms with E-state index in [9.17, 15) is 18.0 Å². The molecule has 25 heavy (non-hydrogen) atoms. The maximum Gasteiger partial charge on any atom is 0.416 e. The van der Waals surface area contributed by atoms with Crippen molar-refractivity contribution in [2.45, 2.75) is 26.1 Å². The van der Waals surface area contributed by atoms with Gasteiger partial charge in [-0.1, -0.05) is 12.1 Å². The van der Waals surface area contributed by atoms with Gasteiger partial charge in [-0.2, -0.15) is 13.2 Å². The molecule has 2 N–H and O–H groups in total. The van der Waals surface area contributed by atoms with E-state index in [1.165, 1.54) is 6.07 Å². The lowest BCUT2D eigenvalue weighted by atomic mass is 10.1. The van der Waals surface area contributed by atoms with Gasteiger partial charge in [0.05, 0.1) is 16.6 Å². The molecule has 0 unspecified atom stereocenters. The Morgan fingerprint density at radius 3 is 2.40 bits per heavy atom. The molecule has 2 aromatic carbocycles. The minimum atomic E-state index is -4.40. The van der Waals surface area contributed by atoms with E-state index in [4.69, 9.17) is 0 Å². The van der Waals surface area contributed by atoms with Crippen molar-refractivity contribution >= 4 is 16.9 Å². The first-order chi connectivity index (χ1) is 11.7. The summed E-state index contributed by atoms with van der Waals surface area (Å²) in [6.45, 7) is 3.74. The third kappa shape index (κ3) is 3.65. The van der Waals surface area contributed by atoms with Crippen LogP contribution in [0.3, 0.4) is 0 Å². The Kier molecular flexibility index (Phi) is 4.24. The van der Waals surface area contributed by atoms with Gasteiger partial charge in [0, 0.05) is 17.2 Å². The van der Waals surface area contributed by atoms with Gasteiger partial charge >= 0.3 is 6.18 Å². The van der Waals surface area contributed by atoms with Crippen LogP contribution in [-0.2, 0) is 6.18 Å². The number of H-pyrrole nitrogens is 1. The highest BCUT2D eigenvalue weighted by atomic mass is 19.4. The number of nitrogens with one attached hydrogen (secondary N) is 2. The molecule has 0 radical (unpaired) electrons. The van der Waals surface area contributed by atoms with E-state index in [-0.39, 0.29) is 11.9 Å². The van der Waals surface area contributed by atoms with Crippen LogP contribution in [0.4, 0.5) is 13.2 Å². The van der Waals surface area contributed by atoms with Crippen molar-refractivity contribution in [2.75, 3.05) is 0 Å². The summed E-state index contributed by atoms with van der Waals surface area (Å²) < 4.78 is 38.4. The van der Waals surface area contributed by atoms with E-state index in [2.05, 4.69) is 15.3 Å². The first kappa shape index (κ1) is 17.0. The Bertz CT molecular complexity index is 911. The van der Waals surface area contributed by atoms with Crippen molar-refractivity contribution in [3.8, 4) is 11.4 Å².